The Kier molecular flexibility index (Phi) is 5.97. The lowest BCUT2D eigenvalue weighted by Gasteiger charge is -2.28. The molecule has 2 aliphatic rings. The summed E-state index contributed by atoms with van der Waals surface area (Å²) in [5, 5.41) is 8.65. The summed E-state index contributed by atoms with van der Waals surface area (Å²) in [5.41, 5.74) is 4.13. The molecule has 1 N–H and O–H groups in total. The third-order valence-corrected chi connectivity index (χ3v) is 7.37. The second-order valence-electron chi connectivity index (χ2n) is 8.89. The summed E-state index contributed by atoms with van der Waals surface area (Å²) in [6.45, 7) is 6.17. The van der Waals surface area contributed by atoms with Crippen molar-refractivity contribution in [3.8, 4) is 0 Å². The Labute approximate surface area is 197 Å². The van der Waals surface area contributed by atoms with Gasteiger partial charge in [0.25, 0.3) is 5.91 Å². The van der Waals surface area contributed by atoms with Gasteiger partial charge in [0.05, 0.1) is 29.4 Å². The number of pyridine rings is 1. The molecule has 0 atom stereocenters. The number of carbonyl (C=O) groups excluding carboxylic acids is 2. The lowest BCUT2D eigenvalue weighted by atomic mass is 10.0. The summed E-state index contributed by atoms with van der Waals surface area (Å²) in [7, 11) is 0. The average molecular weight is 465 g/mol. The van der Waals surface area contributed by atoms with Crippen molar-refractivity contribution in [1.29, 1.82) is 0 Å². The monoisotopic (exact) mass is 464 g/mol. The first-order valence-electron chi connectivity index (χ1n) is 11.4. The average Bonchev–Trinajstić information content (AvgIpc) is 3.48. The van der Waals surface area contributed by atoms with Crippen LogP contribution in [-0.4, -0.2) is 43.0 Å². The Morgan fingerprint density at radius 1 is 1.24 bits per heavy atom. The van der Waals surface area contributed by atoms with Crippen molar-refractivity contribution in [1.82, 2.24) is 30.0 Å². The fourth-order valence-electron chi connectivity index (χ4n) is 4.33. The van der Waals surface area contributed by atoms with Crippen LogP contribution in [0.3, 0.4) is 0 Å². The van der Waals surface area contributed by atoms with Crippen molar-refractivity contribution in [2.75, 3.05) is 6.54 Å². The van der Waals surface area contributed by atoms with E-state index in [2.05, 4.69) is 15.3 Å². The second-order valence-corrected chi connectivity index (χ2v) is 10.2. The molecule has 33 heavy (non-hydrogen) atoms. The number of nitrogens with one attached hydrogen (secondary N) is 1. The van der Waals surface area contributed by atoms with Crippen LogP contribution >= 0.6 is 11.3 Å². The minimum Gasteiger partial charge on any atom is -0.345 e. The maximum absolute atomic E-state index is 13.1. The first-order chi connectivity index (χ1) is 16.0. The smallest absolute Gasteiger partial charge is 0.272 e. The van der Waals surface area contributed by atoms with Crippen molar-refractivity contribution < 1.29 is 9.59 Å². The minimum atomic E-state index is -0.213. The molecule has 1 aliphatic heterocycles. The molecule has 2 amide bonds. The number of hydrogen-bond donors (Lipinski definition) is 1. The van der Waals surface area contributed by atoms with Crippen LogP contribution < -0.4 is 5.32 Å². The zero-order valence-electron chi connectivity index (χ0n) is 19.0. The molecule has 3 aromatic heterocycles. The van der Waals surface area contributed by atoms with E-state index in [1.54, 1.807) is 17.5 Å². The van der Waals surface area contributed by atoms with Gasteiger partial charge in [0.15, 0.2) is 5.69 Å². The van der Waals surface area contributed by atoms with Crippen molar-refractivity contribution in [3.63, 3.8) is 0 Å². The van der Waals surface area contributed by atoms with E-state index in [0.29, 0.717) is 37.7 Å². The Hall–Kier alpha value is -3.07. The summed E-state index contributed by atoms with van der Waals surface area (Å²) in [4.78, 5) is 37.8. The number of nitrogens with zero attached hydrogens (tertiary/aromatic N) is 5. The van der Waals surface area contributed by atoms with E-state index < -0.39 is 0 Å². The lowest BCUT2D eigenvalue weighted by molar-refractivity contribution is -0.131. The van der Waals surface area contributed by atoms with E-state index in [0.717, 1.165) is 45.5 Å². The molecule has 0 spiro atoms. The first-order valence-corrected chi connectivity index (χ1v) is 12.3. The number of carbonyl (C=O) groups is 2. The summed E-state index contributed by atoms with van der Waals surface area (Å²) in [6.07, 6.45) is 5.21. The number of fused-ring (bicyclic) bond motifs is 1. The highest BCUT2D eigenvalue weighted by Gasteiger charge is 2.32. The van der Waals surface area contributed by atoms with Gasteiger partial charge in [0.2, 0.25) is 5.91 Å². The third kappa shape index (κ3) is 4.83. The Morgan fingerprint density at radius 3 is 2.79 bits per heavy atom. The van der Waals surface area contributed by atoms with Crippen LogP contribution in [0.15, 0.2) is 24.4 Å². The van der Waals surface area contributed by atoms with Crippen molar-refractivity contribution in [3.05, 3.63) is 62.6 Å². The van der Waals surface area contributed by atoms with Gasteiger partial charge in [-0.15, -0.1) is 11.3 Å². The lowest BCUT2D eigenvalue weighted by Crippen LogP contribution is -2.38. The van der Waals surface area contributed by atoms with Gasteiger partial charge >= 0.3 is 0 Å². The SMILES string of the molecule is Cc1nc(C)c(CC(=O)N2CCc3c(c(C(=O)NCc4ccccn4)nn3CC3CC3)C2)s1. The van der Waals surface area contributed by atoms with Gasteiger partial charge in [0, 0.05) is 48.4 Å². The zero-order valence-corrected chi connectivity index (χ0v) is 19.8. The van der Waals surface area contributed by atoms with Gasteiger partial charge in [-0.05, 0) is 44.7 Å². The summed E-state index contributed by atoms with van der Waals surface area (Å²) >= 11 is 1.58. The van der Waals surface area contributed by atoms with Crippen molar-refractivity contribution in [2.45, 2.75) is 59.2 Å². The fourth-order valence-corrected chi connectivity index (χ4v) is 5.25. The molecule has 8 nitrogen and oxygen atoms in total. The zero-order chi connectivity index (χ0) is 22.9. The molecule has 3 aromatic rings. The van der Waals surface area contributed by atoms with Crippen LogP contribution in [0.2, 0.25) is 0 Å². The second kappa shape index (κ2) is 9.05. The first kappa shape index (κ1) is 21.8. The maximum Gasteiger partial charge on any atom is 0.272 e. The maximum atomic E-state index is 13.1. The number of aryl methyl sites for hydroxylation is 2. The van der Waals surface area contributed by atoms with Crippen molar-refractivity contribution >= 4 is 23.2 Å². The largest absolute Gasteiger partial charge is 0.345 e. The van der Waals surface area contributed by atoms with Gasteiger partial charge in [-0.25, -0.2) is 4.98 Å². The molecule has 0 unspecified atom stereocenters. The number of hydrogen-bond acceptors (Lipinski definition) is 6. The normalized spacial score (nSPS) is 15.4. The molecule has 9 heteroatoms. The molecule has 0 bridgehead atoms. The fraction of sp³-hybridized carbons (Fsp3) is 0.458. The van der Waals surface area contributed by atoms with Gasteiger partial charge in [0.1, 0.15) is 0 Å². The highest BCUT2D eigenvalue weighted by molar-refractivity contribution is 7.11. The van der Waals surface area contributed by atoms with E-state index in [-0.39, 0.29) is 11.8 Å². The number of amides is 2. The van der Waals surface area contributed by atoms with E-state index in [1.807, 2.05) is 41.6 Å². The van der Waals surface area contributed by atoms with E-state index >= 15 is 0 Å². The molecular formula is C24H28N6O2S. The van der Waals surface area contributed by atoms with Crippen LogP contribution in [0.1, 0.15) is 55.9 Å². The van der Waals surface area contributed by atoms with Crippen LogP contribution in [0.5, 0.6) is 0 Å². The Morgan fingerprint density at radius 2 is 2.09 bits per heavy atom. The Bertz CT molecular complexity index is 1180. The topological polar surface area (TPSA) is 93.0 Å². The van der Waals surface area contributed by atoms with Crippen LogP contribution in [-0.2, 0) is 37.3 Å². The molecule has 4 heterocycles. The number of thiazole rings is 1. The van der Waals surface area contributed by atoms with E-state index in [4.69, 9.17) is 5.10 Å². The van der Waals surface area contributed by atoms with Gasteiger partial charge < -0.3 is 10.2 Å². The molecule has 0 radical (unpaired) electrons. The molecule has 1 saturated carbocycles. The third-order valence-electron chi connectivity index (χ3n) is 6.30. The molecule has 172 valence electrons. The van der Waals surface area contributed by atoms with Crippen LogP contribution in [0, 0.1) is 19.8 Å². The standard InChI is InChI=1S/C24H28N6O2S/c1-15-21(33-16(2)27-15)11-22(31)29-10-8-20-19(14-29)23(28-30(20)13-17-6-7-17)24(32)26-12-18-5-3-4-9-25-18/h3-5,9,17H,6-8,10-14H2,1-2H3,(H,26,32). The van der Waals surface area contributed by atoms with Gasteiger partial charge in [-0.2, -0.15) is 5.10 Å². The van der Waals surface area contributed by atoms with Crippen LogP contribution in [0.25, 0.3) is 0 Å². The highest BCUT2D eigenvalue weighted by Crippen LogP contribution is 2.33. The number of aromatic nitrogens is 4. The Balaban J connectivity index is 1.35. The van der Waals surface area contributed by atoms with E-state index in [9.17, 15) is 9.59 Å². The highest BCUT2D eigenvalue weighted by atomic mass is 32.1. The molecule has 0 saturated heterocycles. The minimum absolute atomic E-state index is 0.0715. The van der Waals surface area contributed by atoms with Gasteiger partial charge in [-0.1, -0.05) is 6.07 Å². The molecule has 1 fully saturated rings. The predicted octanol–water partition coefficient (Wildman–Crippen LogP) is 2.82. The van der Waals surface area contributed by atoms with E-state index in [1.165, 1.54) is 12.8 Å². The predicted molar refractivity (Wildman–Crippen MR) is 125 cm³/mol. The summed E-state index contributed by atoms with van der Waals surface area (Å²) in [5.74, 6) is 0.507. The number of rotatable bonds is 7. The van der Waals surface area contributed by atoms with Gasteiger partial charge in [-0.3, -0.25) is 19.3 Å². The molecule has 1 aliphatic carbocycles. The molecule has 0 aromatic carbocycles. The van der Waals surface area contributed by atoms with Crippen molar-refractivity contribution in [2.24, 2.45) is 5.92 Å². The summed E-state index contributed by atoms with van der Waals surface area (Å²) < 4.78 is 2.02. The molecular weight excluding hydrogens is 436 g/mol. The molecule has 5 rings (SSSR count). The quantitative estimate of drug-likeness (QED) is 0.580. The van der Waals surface area contributed by atoms with Crippen LogP contribution in [0.4, 0.5) is 0 Å². The summed E-state index contributed by atoms with van der Waals surface area (Å²) in [6, 6.07) is 5.63.